The number of nitrogens with two attached hydrogens (primary N) is 1. The second-order valence-corrected chi connectivity index (χ2v) is 6.27. The Morgan fingerprint density at radius 2 is 2.11 bits per heavy atom. The molecule has 1 amide bonds. The molecular weight excluding hydrogens is 240 g/mol. The van der Waals surface area contributed by atoms with Crippen molar-refractivity contribution in [3.8, 4) is 0 Å². The third-order valence-corrected chi connectivity index (χ3v) is 4.58. The first-order valence-corrected chi connectivity index (χ1v) is 7.48. The van der Waals surface area contributed by atoms with Crippen LogP contribution in [0.1, 0.15) is 25.7 Å². The van der Waals surface area contributed by atoms with Crippen molar-refractivity contribution in [2.45, 2.75) is 37.8 Å². The molecule has 0 bridgehead atoms. The molecule has 5 nitrogen and oxygen atoms in total. The van der Waals surface area contributed by atoms with Gasteiger partial charge < -0.3 is 16.0 Å². The Morgan fingerprint density at radius 1 is 1.32 bits per heavy atom. The highest BCUT2D eigenvalue weighted by Gasteiger charge is 2.27. The average molecular weight is 268 g/mol. The summed E-state index contributed by atoms with van der Waals surface area (Å²) in [6.45, 7) is 3.97. The fraction of sp³-hybridized carbons (Fsp3) is 0.929. The third kappa shape index (κ3) is 4.16. The Bertz CT molecular complexity index is 310. The number of hydrogen-bond acceptors (Lipinski definition) is 4. The van der Waals surface area contributed by atoms with Crippen molar-refractivity contribution in [2.75, 3.05) is 40.3 Å². The molecule has 3 unspecified atom stereocenters. The minimum absolute atomic E-state index is 0.135. The van der Waals surface area contributed by atoms with Gasteiger partial charge in [-0.1, -0.05) is 6.42 Å². The van der Waals surface area contributed by atoms with Crippen molar-refractivity contribution >= 4 is 5.91 Å². The van der Waals surface area contributed by atoms with E-state index >= 15 is 0 Å². The number of rotatable bonds is 3. The zero-order chi connectivity index (χ0) is 13.8. The first-order chi connectivity index (χ1) is 9.06. The van der Waals surface area contributed by atoms with E-state index in [0.717, 1.165) is 51.9 Å². The number of hydrogen-bond donors (Lipinski definition) is 2. The number of likely N-dealkylation sites (N-methyl/N-ethyl adjacent to an activating group) is 2. The first kappa shape index (κ1) is 14.8. The molecular formula is C14H28N4O. The predicted octanol–water partition coefficient (Wildman–Crippen LogP) is -0.134. The van der Waals surface area contributed by atoms with E-state index in [-0.39, 0.29) is 17.9 Å². The van der Waals surface area contributed by atoms with Crippen LogP contribution in [-0.4, -0.2) is 68.1 Å². The maximum absolute atomic E-state index is 12.2. The van der Waals surface area contributed by atoms with Crippen molar-refractivity contribution in [3.63, 3.8) is 0 Å². The molecule has 1 saturated carbocycles. The quantitative estimate of drug-likeness (QED) is 0.748. The van der Waals surface area contributed by atoms with E-state index in [1.54, 1.807) is 0 Å². The standard InChI is InChI=1S/C14H28N4O/c1-17-6-7-18(2)13(10-17)9-16-14(19)11-4-3-5-12(15)8-11/h11-13H,3-10,15H2,1-2H3,(H,16,19). The maximum atomic E-state index is 12.2. The Kier molecular flexibility index (Phi) is 5.19. The van der Waals surface area contributed by atoms with Crippen molar-refractivity contribution in [2.24, 2.45) is 11.7 Å². The van der Waals surface area contributed by atoms with Crippen molar-refractivity contribution in [1.29, 1.82) is 0 Å². The van der Waals surface area contributed by atoms with Gasteiger partial charge in [-0.05, 0) is 33.4 Å². The second kappa shape index (κ2) is 6.68. The minimum Gasteiger partial charge on any atom is -0.354 e. The monoisotopic (exact) mass is 268 g/mol. The maximum Gasteiger partial charge on any atom is 0.223 e. The van der Waals surface area contributed by atoms with E-state index in [0.29, 0.717) is 6.04 Å². The molecule has 0 spiro atoms. The van der Waals surface area contributed by atoms with Gasteiger partial charge in [-0.15, -0.1) is 0 Å². The molecule has 0 aromatic heterocycles. The highest BCUT2D eigenvalue weighted by atomic mass is 16.1. The zero-order valence-electron chi connectivity index (χ0n) is 12.3. The molecule has 0 aromatic carbocycles. The minimum atomic E-state index is 0.135. The Labute approximate surface area is 116 Å². The predicted molar refractivity (Wildman–Crippen MR) is 76.9 cm³/mol. The molecule has 1 heterocycles. The van der Waals surface area contributed by atoms with E-state index in [1.807, 2.05) is 0 Å². The fourth-order valence-electron chi connectivity index (χ4n) is 3.15. The number of nitrogens with one attached hydrogen (secondary N) is 1. The summed E-state index contributed by atoms with van der Waals surface area (Å²) in [5.74, 6) is 0.340. The Hall–Kier alpha value is -0.650. The van der Waals surface area contributed by atoms with Crippen LogP contribution in [0.5, 0.6) is 0 Å². The van der Waals surface area contributed by atoms with E-state index in [2.05, 4.69) is 29.2 Å². The van der Waals surface area contributed by atoms with Gasteiger partial charge in [0, 0.05) is 44.2 Å². The first-order valence-electron chi connectivity index (χ1n) is 7.48. The molecule has 5 heteroatoms. The van der Waals surface area contributed by atoms with Crippen LogP contribution in [0.25, 0.3) is 0 Å². The molecule has 1 saturated heterocycles. The normalized spacial score (nSPS) is 34.2. The van der Waals surface area contributed by atoms with Crippen LogP contribution in [0.2, 0.25) is 0 Å². The van der Waals surface area contributed by atoms with E-state index in [9.17, 15) is 4.79 Å². The summed E-state index contributed by atoms with van der Waals surface area (Å²) in [6.07, 6.45) is 4.01. The van der Waals surface area contributed by atoms with Gasteiger partial charge >= 0.3 is 0 Å². The van der Waals surface area contributed by atoms with Crippen LogP contribution in [0.15, 0.2) is 0 Å². The lowest BCUT2D eigenvalue weighted by molar-refractivity contribution is -0.126. The Balaban J connectivity index is 1.76. The summed E-state index contributed by atoms with van der Waals surface area (Å²) in [5, 5.41) is 3.13. The van der Waals surface area contributed by atoms with Crippen molar-refractivity contribution < 1.29 is 4.79 Å². The molecule has 1 aliphatic carbocycles. The lowest BCUT2D eigenvalue weighted by Crippen LogP contribution is -2.55. The number of piperazine rings is 1. The molecule has 19 heavy (non-hydrogen) atoms. The lowest BCUT2D eigenvalue weighted by atomic mass is 9.85. The zero-order valence-corrected chi connectivity index (χ0v) is 12.3. The largest absolute Gasteiger partial charge is 0.354 e. The van der Waals surface area contributed by atoms with E-state index in [4.69, 9.17) is 5.73 Å². The van der Waals surface area contributed by atoms with Gasteiger partial charge in [-0.25, -0.2) is 0 Å². The summed E-state index contributed by atoms with van der Waals surface area (Å²) in [4.78, 5) is 16.8. The van der Waals surface area contributed by atoms with Crippen LogP contribution in [0, 0.1) is 5.92 Å². The van der Waals surface area contributed by atoms with Crippen LogP contribution in [0.3, 0.4) is 0 Å². The summed E-state index contributed by atoms with van der Waals surface area (Å²) >= 11 is 0. The number of carbonyl (C=O) groups is 1. The molecule has 1 aliphatic heterocycles. The summed E-state index contributed by atoms with van der Waals surface area (Å²) in [7, 11) is 4.28. The smallest absolute Gasteiger partial charge is 0.223 e. The number of amides is 1. The number of carbonyl (C=O) groups excluding carboxylic acids is 1. The average Bonchev–Trinajstić information content (AvgIpc) is 2.39. The van der Waals surface area contributed by atoms with Crippen LogP contribution in [0.4, 0.5) is 0 Å². The van der Waals surface area contributed by atoms with Gasteiger partial charge in [0.2, 0.25) is 5.91 Å². The van der Waals surface area contributed by atoms with Crippen LogP contribution in [-0.2, 0) is 4.79 Å². The molecule has 3 atom stereocenters. The SMILES string of the molecule is CN1CCN(C)C(CNC(=O)C2CCCC(N)C2)C1. The van der Waals surface area contributed by atoms with Crippen molar-refractivity contribution in [3.05, 3.63) is 0 Å². The molecule has 2 rings (SSSR count). The van der Waals surface area contributed by atoms with Crippen LogP contribution < -0.4 is 11.1 Å². The molecule has 3 N–H and O–H groups in total. The van der Waals surface area contributed by atoms with Gasteiger partial charge in [0.1, 0.15) is 0 Å². The van der Waals surface area contributed by atoms with Gasteiger partial charge in [0.05, 0.1) is 0 Å². The summed E-state index contributed by atoms with van der Waals surface area (Å²) in [6, 6.07) is 0.646. The van der Waals surface area contributed by atoms with Gasteiger partial charge in [0.15, 0.2) is 0 Å². The fourth-order valence-corrected chi connectivity index (χ4v) is 3.15. The van der Waals surface area contributed by atoms with Crippen molar-refractivity contribution in [1.82, 2.24) is 15.1 Å². The number of nitrogens with zero attached hydrogens (tertiary/aromatic N) is 2. The van der Waals surface area contributed by atoms with E-state index in [1.165, 1.54) is 0 Å². The van der Waals surface area contributed by atoms with Gasteiger partial charge in [0.25, 0.3) is 0 Å². The molecule has 0 aromatic rings. The molecule has 2 fully saturated rings. The lowest BCUT2D eigenvalue weighted by Gasteiger charge is -2.38. The van der Waals surface area contributed by atoms with Gasteiger partial charge in [-0.2, -0.15) is 0 Å². The third-order valence-electron chi connectivity index (χ3n) is 4.58. The summed E-state index contributed by atoms with van der Waals surface area (Å²) < 4.78 is 0. The molecule has 0 radical (unpaired) electrons. The highest BCUT2D eigenvalue weighted by Crippen LogP contribution is 2.23. The van der Waals surface area contributed by atoms with Crippen LogP contribution >= 0.6 is 0 Å². The van der Waals surface area contributed by atoms with E-state index < -0.39 is 0 Å². The van der Waals surface area contributed by atoms with Gasteiger partial charge in [-0.3, -0.25) is 9.69 Å². The molecule has 110 valence electrons. The second-order valence-electron chi connectivity index (χ2n) is 6.27. The Morgan fingerprint density at radius 3 is 2.84 bits per heavy atom. The molecule has 2 aliphatic rings. The summed E-state index contributed by atoms with van der Waals surface area (Å²) in [5.41, 5.74) is 5.95. The highest BCUT2D eigenvalue weighted by molar-refractivity contribution is 5.78. The topological polar surface area (TPSA) is 61.6 Å².